The average Bonchev–Trinajstić information content (AvgIpc) is 3.86. The molecule has 0 aromatic carbocycles. The third kappa shape index (κ3) is 7.74. The summed E-state index contributed by atoms with van der Waals surface area (Å²) in [5.41, 5.74) is 3.07. The molecule has 10 heteroatoms. The molecule has 7 nitrogen and oxygen atoms in total. The first-order valence-electron chi connectivity index (χ1n) is 19.3. The lowest BCUT2D eigenvalue weighted by Gasteiger charge is -2.36. The van der Waals surface area contributed by atoms with Gasteiger partial charge in [0.2, 0.25) is 0 Å². The number of aliphatic hydroxyl groups excluding tert-OH is 4. The van der Waals surface area contributed by atoms with Crippen LogP contribution < -0.4 is 5.32 Å². The lowest BCUT2D eigenvalue weighted by atomic mass is 9.78. The Labute approximate surface area is 306 Å². The molecule has 4 aliphatic carbocycles. The fourth-order valence-corrected chi connectivity index (χ4v) is 14.7. The molecular weight excluding hydrogens is 675 g/mol. The second kappa shape index (κ2) is 15.8. The predicted octanol–water partition coefficient (Wildman–Crippen LogP) is 7.22. The monoisotopic (exact) mass is 733 g/mol. The molecule has 274 valence electrons. The van der Waals surface area contributed by atoms with E-state index in [0.29, 0.717) is 33.5 Å². The highest BCUT2D eigenvalue weighted by Crippen LogP contribution is 2.58. The summed E-state index contributed by atoms with van der Waals surface area (Å²) in [5, 5.41) is 49.2. The fourth-order valence-electron chi connectivity index (χ4n) is 9.68. The van der Waals surface area contributed by atoms with E-state index in [-0.39, 0.29) is 40.7 Å². The maximum atomic E-state index is 11.4. The fraction of sp³-hybridized carbons (Fsp3) is 0.795. The Morgan fingerprint density at radius 1 is 0.776 bits per heavy atom. The zero-order valence-electron chi connectivity index (χ0n) is 29.7. The first kappa shape index (κ1) is 36.8. The molecule has 2 saturated carbocycles. The molecule has 0 aromatic heterocycles. The maximum absolute atomic E-state index is 11.4. The SMILES string of the molecule is CCC(O)C1CCC(C(O)OC2=CC=C(OC(O)C3CCC(C(O)CC)CC3)C3SC(C4CC5C6=C(C=C(C)C5S4)CC(C)S6)NC23)CC1. The summed E-state index contributed by atoms with van der Waals surface area (Å²) >= 11 is 6.11. The molecule has 0 aromatic rings. The van der Waals surface area contributed by atoms with Gasteiger partial charge < -0.3 is 29.9 Å². The van der Waals surface area contributed by atoms with Gasteiger partial charge in [0.1, 0.15) is 11.5 Å². The van der Waals surface area contributed by atoms with Crippen molar-refractivity contribution in [1.82, 2.24) is 5.32 Å². The Bertz CT molecular complexity index is 1240. The molecule has 0 radical (unpaired) electrons. The topological polar surface area (TPSA) is 111 Å². The van der Waals surface area contributed by atoms with Crippen molar-refractivity contribution < 1.29 is 29.9 Å². The van der Waals surface area contributed by atoms with E-state index in [0.717, 1.165) is 82.1 Å². The van der Waals surface area contributed by atoms with Gasteiger partial charge in [-0.1, -0.05) is 32.4 Å². The quantitative estimate of drug-likeness (QED) is 0.140. The molecule has 0 bridgehead atoms. The van der Waals surface area contributed by atoms with Crippen LogP contribution >= 0.6 is 35.3 Å². The molecule has 3 heterocycles. The van der Waals surface area contributed by atoms with E-state index in [1.165, 1.54) is 12.0 Å². The normalized spacial score (nSPS) is 41.5. The van der Waals surface area contributed by atoms with Crippen LogP contribution in [0.15, 0.2) is 45.8 Å². The van der Waals surface area contributed by atoms with Gasteiger partial charge in [0.15, 0.2) is 12.6 Å². The number of hydrogen-bond donors (Lipinski definition) is 5. The minimum atomic E-state index is -0.893. The summed E-state index contributed by atoms with van der Waals surface area (Å²) < 4.78 is 12.9. The van der Waals surface area contributed by atoms with Crippen LogP contribution in [0.2, 0.25) is 0 Å². The standard InChI is InChI=1S/C39H59NO6S3/c1-5-28(41)22-7-11-24(12-8-22)38(43)45-30-15-16-31(46-39(44)25-13-9-23(10-14-25)29(42)6-2)36-33(30)40-37(49-36)32-19-27-34(48-32)20(3)17-26-18-21(4)47-35(26)27/h15-17,21-25,27-29,32-34,36-44H,5-14,18-19H2,1-4H3. The summed E-state index contributed by atoms with van der Waals surface area (Å²) in [7, 11) is 0. The largest absolute Gasteiger partial charge is 0.468 e. The maximum Gasteiger partial charge on any atom is 0.199 e. The first-order valence-corrected chi connectivity index (χ1v) is 22.0. The highest BCUT2D eigenvalue weighted by atomic mass is 32.2. The molecule has 3 aliphatic heterocycles. The van der Waals surface area contributed by atoms with E-state index >= 15 is 0 Å². The van der Waals surface area contributed by atoms with Crippen molar-refractivity contribution in [2.24, 2.45) is 29.6 Å². The highest BCUT2D eigenvalue weighted by molar-refractivity contribution is 8.05. The van der Waals surface area contributed by atoms with Gasteiger partial charge in [-0.05, 0) is 118 Å². The average molecular weight is 734 g/mol. The molecule has 2 saturated heterocycles. The van der Waals surface area contributed by atoms with Crippen LogP contribution in [-0.2, 0) is 9.47 Å². The Hall–Kier alpha value is -0.590. The van der Waals surface area contributed by atoms with Gasteiger partial charge in [-0.25, -0.2) is 0 Å². The van der Waals surface area contributed by atoms with Crippen LogP contribution in [0.4, 0.5) is 0 Å². The summed E-state index contributed by atoms with van der Waals surface area (Å²) in [4.78, 5) is 1.62. The number of rotatable bonds is 11. The van der Waals surface area contributed by atoms with Crippen LogP contribution in [0.25, 0.3) is 0 Å². The molecule has 7 aliphatic rings. The van der Waals surface area contributed by atoms with Crippen molar-refractivity contribution in [2.75, 3.05) is 0 Å². The summed E-state index contributed by atoms with van der Waals surface area (Å²) in [6.45, 7) is 8.74. The van der Waals surface area contributed by atoms with E-state index in [4.69, 9.17) is 9.47 Å². The van der Waals surface area contributed by atoms with E-state index in [1.54, 1.807) is 10.5 Å². The number of hydrogen-bond acceptors (Lipinski definition) is 10. The van der Waals surface area contributed by atoms with Crippen LogP contribution in [0.1, 0.15) is 105 Å². The number of ether oxygens (including phenoxy) is 2. The Kier molecular flexibility index (Phi) is 11.8. The molecule has 0 amide bonds. The van der Waals surface area contributed by atoms with Crippen molar-refractivity contribution in [3.05, 3.63) is 45.8 Å². The zero-order valence-corrected chi connectivity index (χ0v) is 32.2. The summed E-state index contributed by atoms with van der Waals surface area (Å²) in [6, 6.07) is -0.152. The number of fused-ring (bicyclic) bond motifs is 3. The van der Waals surface area contributed by atoms with Gasteiger partial charge >= 0.3 is 0 Å². The number of allylic oxidation sites excluding steroid dienone is 5. The second-order valence-corrected chi connectivity index (χ2v) is 20.1. The number of aliphatic hydroxyl groups is 4. The summed E-state index contributed by atoms with van der Waals surface area (Å²) in [6.07, 6.45) is 15.1. The highest BCUT2D eigenvalue weighted by Gasteiger charge is 2.51. The molecule has 11 unspecified atom stereocenters. The van der Waals surface area contributed by atoms with Crippen LogP contribution in [0, 0.1) is 29.6 Å². The minimum Gasteiger partial charge on any atom is -0.468 e. The van der Waals surface area contributed by atoms with Gasteiger partial charge in [0.05, 0.1) is 28.9 Å². The van der Waals surface area contributed by atoms with E-state index in [9.17, 15) is 20.4 Å². The predicted molar refractivity (Wildman–Crippen MR) is 202 cm³/mol. The lowest BCUT2D eigenvalue weighted by Crippen LogP contribution is -2.43. The third-order valence-corrected chi connectivity index (χ3v) is 17.6. The molecule has 4 fully saturated rings. The number of thioether (sulfide) groups is 3. The Morgan fingerprint density at radius 2 is 1.33 bits per heavy atom. The lowest BCUT2D eigenvalue weighted by molar-refractivity contribution is -0.128. The van der Waals surface area contributed by atoms with Crippen LogP contribution in [-0.4, -0.2) is 77.6 Å². The summed E-state index contributed by atoms with van der Waals surface area (Å²) in [5.74, 6) is 2.84. The minimum absolute atomic E-state index is 0.0476. The van der Waals surface area contributed by atoms with Gasteiger partial charge in [-0.3, -0.25) is 5.32 Å². The van der Waals surface area contributed by atoms with Crippen molar-refractivity contribution in [3.8, 4) is 0 Å². The molecule has 0 spiro atoms. The van der Waals surface area contributed by atoms with Crippen molar-refractivity contribution in [1.29, 1.82) is 0 Å². The Balaban J connectivity index is 1.05. The molecule has 5 N–H and O–H groups in total. The third-order valence-electron chi connectivity index (χ3n) is 12.7. The Morgan fingerprint density at radius 3 is 1.92 bits per heavy atom. The molecular formula is C39H59NO6S3. The van der Waals surface area contributed by atoms with Crippen LogP contribution in [0.3, 0.4) is 0 Å². The molecule has 7 rings (SSSR count). The molecule has 11 atom stereocenters. The van der Waals surface area contributed by atoms with E-state index in [2.05, 4.69) is 48.8 Å². The zero-order chi connectivity index (χ0) is 34.4. The smallest absolute Gasteiger partial charge is 0.199 e. The molecule has 49 heavy (non-hydrogen) atoms. The second-order valence-electron chi connectivity index (χ2n) is 15.9. The van der Waals surface area contributed by atoms with Gasteiger partial charge in [0.25, 0.3) is 0 Å². The van der Waals surface area contributed by atoms with Crippen molar-refractivity contribution in [3.63, 3.8) is 0 Å². The van der Waals surface area contributed by atoms with E-state index < -0.39 is 12.6 Å². The van der Waals surface area contributed by atoms with E-state index in [1.807, 2.05) is 37.8 Å². The number of nitrogens with one attached hydrogen (secondary N) is 1. The van der Waals surface area contributed by atoms with Gasteiger partial charge in [0, 0.05) is 33.5 Å². The van der Waals surface area contributed by atoms with Gasteiger partial charge in [-0.2, -0.15) is 0 Å². The first-order chi connectivity index (χ1) is 23.6. The van der Waals surface area contributed by atoms with Crippen LogP contribution in [0.5, 0.6) is 0 Å². The van der Waals surface area contributed by atoms with Gasteiger partial charge in [-0.15, -0.1) is 35.3 Å². The van der Waals surface area contributed by atoms with Crippen molar-refractivity contribution in [2.45, 2.75) is 162 Å². The van der Waals surface area contributed by atoms with Crippen molar-refractivity contribution >= 4 is 35.3 Å².